The molecule has 3 rings (SSSR count). The molecule has 0 aliphatic carbocycles. The zero-order valence-electron chi connectivity index (χ0n) is 16.9. The predicted molar refractivity (Wildman–Crippen MR) is 116 cm³/mol. The number of nitrogens with one attached hydrogen (secondary N) is 1. The molecule has 7 nitrogen and oxygen atoms in total. The molecule has 1 atom stereocenters. The van der Waals surface area contributed by atoms with Crippen LogP contribution in [0.1, 0.15) is 39.2 Å². The molecule has 3 heterocycles. The third-order valence-electron chi connectivity index (χ3n) is 4.52. The molecule has 2 aromatic rings. The Kier molecular flexibility index (Phi) is 6.37. The molecule has 29 heavy (non-hydrogen) atoms. The third-order valence-corrected chi connectivity index (χ3v) is 4.73. The molecule has 0 bridgehead atoms. The van der Waals surface area contributed by atoms with Crippen LogP contribution in [0.5, 0.6) is 0 Å². The van der Waals surface area contributed by atoms with E-state index in [1.54, 1.807) is 29.4 Å². The summed E-state index contributed by atoms with van der Waals surface area (Å²) in [6.45, 7) is 6.79. The summed E-state index contributed by atoms with van der Waals surface area (Å²) in [4.78, 5) is 22.7. The second-order valence-electron chi connectivity index (χ2n) is 8.06. The molecule has 1 fully saturated rings. The summed E-state index contributed by atoms with van der Waals surface area (Å²) in [5.41, 5.74) is 2.13. The van der Waals surface area contributed by atoms with E-state index in [0.29, 0.717) is 34.9 Å². The molecular weight excluding hydrogens is 390 g/mol. The molecule has 1 saturated heterocycles. The highest BCUT2D eigenvalue weighted by Crippen LogP contribution is 2.20. The number of nitrogens with zero attached hydrogens (tertiary/aromatic N) is 4. The molecule has 1 aliphatic rings. The van der Waals surface area contributed by atoms with Crippen molar-refractivity contribution in [2.24, 2.45) is 0 Å². The van der Waals surface area contributed by atoms with Crippen LogP contribution in [0.4, 0.5) is 4.79 Å². The van der Waals surface area contributed by atoms with Crippen molar-refractivity contribution in [3.05, 3.63) is 46.7 Å². The number of hydrogen-bond acceptors (Lipinski definition) is 5. The minimum Gasteiger partial charge on any atom is -0.810 e. The van der Waals surface area contributed by atoms with E-state index < -0.39 is 5.60 Å². The van der Waals surface area contributed by atoms with E-state index in [1.165, 1.54) is 0 Å². The van der Waals surface area contributed by atoms with Crippen molar-refractivity contribution in [1.82, 2.24) is 20.2 Å². The first-order valence-electron chi connectivity index (χ1n) is 9.59. The van der Waals surface area contributed by atoms with Gasteiger partial charge in [0.1, 0.15) is 10.8 Å². The van der Waals surface area contributed by atoms with E-state index in [-0.39, 0.29) is 12.1 Å². The first kappa shape index (κ1) is 21.0. The van der Waals surface area contributed by atoms with Gasteiger partial charge >= 0.3 is 6.09 Å². The molecular formula is C21H25ClN5O2-. The van der Waals surface area contributed by atoms with Crippen molar-refractivity contribution in [2.45, 2.75) is 45.3 Å². The van der Waals surface area contributed by atoms with Gasteiger partial charge in [-0.1, -0.05) is 11.6 Å². The summed E-state index contributed by atoms with van der Waals surface area (Å²) in [5, 5.41) is 13.4. The van der Waals surface area contributed by atoms with Gasteiger partial charge in [0.05, 0.1) is 11.0 Å². The molecule has 1 aliphatic heterocycles. The predicted octanol–water partition coefficient (Wildman–Crippen LogP) is 4.25. The standard InChI is InChI=1S/C21H25ClN5O2/c1-21(2,3)29-20(28)27-8-4-5-16(13-27)24-12-15(10-23)14-9-18-17(25-11-14)6-7-19(22)26-18/h6-7,9-12,16,24H,4-5,8,13H2,1-3H3/q-1/b15-12+/t16-/m1/s1. The topological polar surface area (TPSA) is 89.7 Å². The average molecular weight is 415 g/mol. The van der Waals surface area contributed by atoms with E-state index in [9.17, 15) is 10.2 Å². The summed E-state index contributed by atoms with van der Waals surface area (Å²) < 4.78 is 5.46. The average Bonchev–Trinajstić information content (AvgIpc) is 2.67. The summed E-state index contributed by atoms with van der Waals surface area (Å²) in [6.07, 6.45) is 5.92. The van der Waals surface area contributed by atoms with E-state index in [0.717, 1.165) is 24.6 Å². The van der Waals surface area contributed by atoms with Gasteiger partial charge in [0.25, 0.3) is 0 Å². The van der Waals surface area contributed by atoms with Crippen molar-refractivity contribution in [1.29, 1.82) is 0 Å². The lowest BCUT2D eigenvalue weighted by Gasteiger charge is -2.34. The molecule has 2 aromatic heterocycles. The fourth-order valence-electron chi connectivity index (χ4n) is 3.15. The van der Waals surface area contributed by atoms with Crippen LogP contribution >= 0.6 is 11.6 Å². The normalized spacial score (nSPS) is 17.9. The molecule has 1 amide bonds. The van der Waals surface area contributed by atoms with E-state index in [1.807, 2.05) is 26.8 Å². The van der Waals surface area contributed by atoms with Crippen LogP contribution in [-0.4, -0.2) is 51.9 Å². The van der Waals surface area contributed by atoms with Crippen molar-refractivity contribution < 1.29 is 9.53 Å². The van der Waals surface area contributed by atoms with Crippen LogP contribution in [0.15, 0.2) is 30.6 Å². The zero-order chi connectivity index (χ0) is 21.0. The SMILES string of the molecule is CC(C)(C)OC(=O)N1CCC[C@@H](N/C=C(\C=[N-])c2cnc3ccc(Cl)nc3c2)C1. The van der Waals surface area contributed by atoms with Crippen LogP contribution in [0.3, 0.4) is 0 Å². The van der Waals surface area contributed by atoms with Crippen LogP contribution in [0.2, 0.25) is 5.15 Å². The van der Waals surface area contributed by atoms with E-state index >= 15 is 0 Å². The van der Waals surface area contributed by atoms with Gasteiger partial charge in [0, 0.05) is 37.1 Å². The van der Waals surface area contributed by atoms with Gasteiger partial charge in [-0.25, -0.2) is 9.78 Å². The highest BCUT2D eigenvalue weighted by Gasteiger charge is 2.27. The smallest absolute Gasteiger partial charge is 0.410 e. The number of allylic oxidation sites excluding steroid dienone is 1. The number of amides is 1. The van der Waals surface area contributed by atoms with Gasteiger partial charge < -0.3 is 20.4 Å². The summed E-state index contributed by atoms with van der Waals surface area (Å²) in [7, 11) is 0. The second kappa shape index (κ2) is 8.78. The first-order valence-corrected chi connectivity index (χ1v) is 9.97. The second-order valence-corrected chi connectivity index (χ2v) is 8.44. The Bertz CT molecular complexity index is 938. The number of carbonyl (C=O) groups is 1. The largest absolute Gasteiger partial charge is 0.810 e. The minimum absolute atomic E-state index is 0.0622. The molecule has 0 radical (unpaired) electrons. The Morgan fingerprint density at radius 3 is 2.90 bits per heavy atom. The molecule has 8 heteroatoms. The molecule has 154 valence electrons. The quantitative estimate of drug-likeness (QED) is 0.596. The van der Waals surface area contributed by atoms with E-state index in [4.69, 9.17) is 16.3 Å². The van der Waals surface area contributed by atoms with Crippen molar-refractivity contribution in [3.8, 4) is 0 Å². The number of likely N-dealkylation sites (tertiary alicyclic amines) is 1. The van der Waals surface area contributed by atoms with Gasteiger partial charge in [-0.2, -0.15) is 6.21 Å². The maximum absolute atomic E-state index is 12.3. The van der Waals surface area contributed by atoms with Crippen molar-refractivity contribution >= 4 is 40.5 Å². The lowest BCUT2D eigenvalue weighted by Crippen LogP contribution is -2.48. The van der Waals surface area contributed by atoms with Crippen LogP contribution in [0.25, 0.3) is 22.0 Å². The number of rotatable bonds is 4. The van der Waals surface area contributed by atoms with Crippen molar-refractivity contribution in [2.75, 3.05) is 13.1 Å². The molecule has 1 N–H and O–H groups in total. The highest BCUT2D eigenvalue weighted by molar-refractivity contribution is 6.29. The maximum atomic E-state index is 12.3. The van der Waals surface area contributed by atoms with Crippen LogP contribution in [0, 0.1) is 0 Å². The number of pyridine rings is 2. The Labute approximate surface area is 175 Å². The van der Waals surface area contributed by atoms with Gasteiger partial charge in [0.15, 0.2) is 0 Å². The monoisotopic (exact) mass is 414 g/mol. The minimum atomic E-state index is -0.517. The number of carbonyl (C=O) groups excluding carboxylic acids is 1. The Balaban J connectivity index is 1.70. The number of fused-ring (bicyclic) bond motifs is 1. The van der Waals surface area contributed by atoms with Gasteiger partial charge in [-0.15, -0.1) is 0 Å². The van der Waals surface area contributed by atoms with Crippen LogP contribution < -0.4 is 5.32 Å². The van der Waals surface area contributed by atoms with Crippen molar-refractivity contribution in [3.63, 3.8) is 0 Å². The lowest BCUT2D eigenvalue weighted by molar-refractivity contribution is 0.0192. The lowest BCUT2D eigenvalue weighted by atomic mass is 10.1. The van der Waals surface area contributed by atoms with Crippen LogP contribution in [-0.2, 0) is 4.74 Å². The van der Waals surface area contributed by atoms with E-state index in [2.05, 4.69) is 15.3 Å². The Morgan fingerprint density at radius 2 is 2.17 bits per heavy atom. The Morgan fingerprint density at radius 1 is 1.38 bits per heavy atom. The molecule has 0 aromatic carbocycles. The molecule has 0 spiro atoms. The van der Waals surface area contributed by atoms with Gasteiger partial charge in [-0.3, -0.25) is 4.98 Å². The fraction of sp³-hybridized carbons (Fsp3) is 0.429. The number of ether oxygens (including phenoxy) is 1. The number of piperidine rings is 1. The highest BCUT2D eigenvalue weighted by atomic mass is 35.5. The summed E-state index contributed by atoms with van der Waals surface area (Å²) in [6, 6.07) is 5.37. The number of hydrogen-bond donors (Lipinski definition) is 1. The van der Waals surface area contributed by atoms with Gasteiger partial charge in [0.2, 0.25) is 0 Å². The maximum Gasteiger partial charge on any atom is 0.410 e. The zero-order valence-corrected chi connectivity index (χ0v) is 17.6. The third kappa shape index (κ3) is 5.67. The summed E-state index contributed by atoms with van der Waals surface area (Å²) in [5.74, 6) is 0. The molecule has 0 unspecified atom stereocenters. The fourth-order valence-corrected chi connectivity index (χ4v) is 3.30. The first-order chi connectivity index (χ1) is 13.7. The van der Waals surface area contributed by atoms with Gasteiger partial charge in [-0.05, 0) is 57.4 Å². The molecule has 0 saturated carbocycles. The Hall–Kier alpha value is -2.67. The number of aromatic nitrogens is 2. The number of halogens is 1. The summed E-state index contributed by atoms with van der Waals surface area (Å²) >= 11 is 5.96.